The molecule has 0 spiro atoms. The third kappa shape index (κ3) is 3.06. The Morgan fingerprint density at radius 2 is 2.04 bits per heavy atom. The fourth-order valence-electron chi connectivity index (χ4n) is 2.30. The van der Waals surface area contributed by atoms with Crippen LogP contribution in [-0.4, -0.2) is 27.8 Å². The lowest BCUT2D eigenvalue weighted by Crippen LogP contribution is -2.16. The summed E-state index contributed by atoms with van der Waals surface area (Å²) in [6.45, 7) is 0. The fourth-order valence-corrected chi connectivity index (χ4v) is 2.30. The molecule has 1 amide bonds. The maximum Gasteiger partial charge on any atom is 0.273 e. The maximum absolute atomic E-state index is 12.4. The van der Waals surface area contributed by atoms with Crippen LogP contribution in [0, 0.1) is 0 Å². The van der Waals surface area contributed by atoms with Crippen LogP contribution in [0.2, 0.25) is 0 Å². The Bertz CT molecular complexity index is 828. The molecule has 0 aliphatic heterocycles. The zero-order valence-corrected chi connectivity index (χ0v) is 12.9. The lowest BCUT2D eigenvalue weighted by atomic mass is 10.1. The van der Waals surface area contributed by atoms with Gasteiger partial charge in [-0.25, -0.2) is 0 Å². The first-order valence-electron chi connectivity index (χ1n) is 7.08. The van der Waals surface area contributed by atoms with Crippen molar-refractivity contribution < 1.29 is 9.53 Å². The van der Waals surface area contributed by atoms with E-state index in [1.807, 2.05) is 24.3 Å². The smallest absolute Gasteiger partial charge is 0.273 e. The highest BCUT2D eigenvalue weighted by atomic mass is 16.5. The second kappa shape index (κ2) is 6.31. The number of aryl methyl sites for hydroxylation is 1. The molecule has 1 aromatic carbocycles. The van der Waals surface area contributed by atoms with Gasteiger partial charge in [-0.2, -0.15) is 5.10 Å². The molecule has 3 aromatic rings. The molecule has 6 heteroatoms. The SMILES string of the molecule is COc1ccccc1-c1cc(C(=O)Nc2cccnc2)n(C)n1. The Morgan fingerprint density at radius 1 is 1.22 bits per heavy atom. The average molecular weight is 308 g/mol. The van der Waals surface area contributed by atoms with Gasteiger partial charge in [0.05, 0.1) is 24.7 Å². The highest BCUT2D eigenvalue weighted by Crippen LogP contribution is 2.29. The molecule has 1 N–H and O–H groups in total. The summed E-state index contributed by atoms with van der Waals surface area (Å²) < 4.78 is 6.90. The minimum absolute atomic E-state index is 0.242. The summed E-state index contributed by atoms with van der Waals surface area (Å²) >= 11 is 0. The number of hydrogen-bond acceptors (Lipinski definition) is 4. The number of rotatable bonds is 4. The number of pyridine rings is 1. The van der Waals surface area contributed by atoms with Gasteiger partial charge in [-0.15, -0.1) is 0 Å². The summed E-state index contributed by atoms with van der Waals surface area (Å²) in [4.78, 5) is 16.4. The molecule has 0 aliphatic carbocycles. The third-order valence-electron chi connectivity index (χ3n) is 3.41. The summed E-state index contributed by atoms with van der Waals surface area (Å²) in [7, 11) is 3.34. The molecular formula is C17H16N4O2. The van der Waals surface area contributed by atoms with Gasteiger partial charge in [0.25, 0.3) is 5.91 Å². The molecule has 2 aromatic heterocycles. The topological polar surface area (TPSA) is 69.0 Å². The van der Waals surface area contributed by atoms with Crippen molar-refractivity contribution in [1.82, 2.24) is 14.8 Å². The number of carbonyl (C=O) groups excluding carboxylic acids is 1. The van der Waals surface area contributed by atoms with Gasteiger partial charge in [0.2, 0.25) is 0 Å². The number of para-hydroxylation sites is 1. The molecule has 0 saturated heterocycles. The van der Waals surface area contributed by atoms with Crippen molar-refractivity contribution in [3.8, 4) is 17.0 Å². The monoisotopic (exact) mass is 308 g/mol. The largest absolute Gasteiger partial charge is 0.496 e. The molecule has 2 heterocycles. The molecule has 6 nitrogen and oxygen atoms in total. The van der Waals surface area contributed by atoms with Crippen LogP contribution in [0.1, 0.15) is 10.5 Å². The molecule has 23 heavy (non-hydrogen) atoms. The Morgan fingerprint density at radius 3 is 2.78 bits per heavy atom. The number of aromatic nitrogens is 3. The molecule has 0 unspecified atom stereocenters. The van der Waals surface area contributed by atoms with Crippen LogP contribution in [0.15, 0.2) is 54.9 Å². The molecule has 3 rings (SSSR count). The predicted molar refractivity (Wildman–Crippen MR) is 87.4 cm³/mol. The summed E-state index contributed by atoms with van der Waals surface area (Å²) in [6.07, 6.45) is 3.24. The molecule has 0 aliphatic rings. The van der Waals surface area contributed by atoms with Crippen LogP contribution in [0.4, 0.5) is 5.69 Å². The number of nitrogens with one attached hydrogen (secondary N) is 1. The lowest BCUT2D eigenvalue weighted by molar-refractivity contribution is 0.101. The number of benzene rings is 1. The fraction of sp³-hybridized carbons (Fsp3) is 0.118. The normalized spacial score (nSPS) is 10.3. The van der Waals surface area contributed by atoms with Crippen molar-refractivity contribution in [3.05, 3.63) is 60.6 Å². The molecule has 116 valence electrons. The van der Waals surface area contributed by atoms with E-state index in [1.54, 1.807) is 49.4 Å². The first kappa shape index (κ1) is 14.8. The van der Waals surface area contributed by atoms with Gasteiger partial charge in [-0.05, 0) is 30.3 Å². The molecule has 0 fully saturated rings. The summed E-state index contributed by atoms with van der Waals surface area (Å²) in [6, 6.07) is 12.8. The van der Waals surface area contributed by atoms with E-state index >= 15 is 0 Å². The Hall–Kier alpha value is -3.15. The zero-order valence-electron chi connectivity index (χ0n) is 12.9. The van der Waals surface area contributed by atoms with Crippen molar-refractivity contribution in [3.63, 3.8) is 0 Å². The second-order valence-electron chi connectivity index (χ2n) is 4.93. The van der Waals surface area contributed by atoms with Crippen molar-refractivity contribution in [1.29, 1.82) is 0 Å². The number of nitrogens with zero attached hydrogens (tertiary/aromatic N) is 3. The average Bonchev–Trinajstić information content (AvgIpc) is 2.97. The number of ether oxygens (including phenoxy) is 1. The van der Waals surface area contributed by atoms with Gasteiger partial charge in [0, 0.05) is 18.8 Å². The van der Waals surface area contributed by atoms with Gasteiger partial charge in [-0.3, -0.25) is 14.5 Å². The van der Waals surface area contributed by atoms with E-state index in [-0.39, 0.29) is 5.91 Å². The van der Waals surface area contributed by atoms with E-state index in [9.17, 15) is 4.79 Å². The number of anilines is 1. The van der Waals surface area contributed by atoms with Crippen molar-refractivity contribution in [2.24, 2.45) is 7.05 Å². The van der Waals surface area contributed by atoms with E-state index in [0.717, 1.165) is 5.56 Å². The van der Waals surface area contributed by atoms with Crippen LogP contribution in [0.5, 0.6) is 5.75 Å². The van der Waals surface area contributed by atoms with Crippen LogP contribution in [0.25, 0.3) is 11.3 Å². The Labute approximate surface area is 133 Å². The Balaban J connectivity index is 1.90. The van der Waals surface area contributed by atoms with Crippen molar-refractivity contribution in [2.75, 3.05) is 12.4 Å². The highest BCUT2D eigenvalue weighted by Gasteiger charge is 2.16. The number of hydrogen-bond donors (Lipinski definition) is 1. The van der Waals surface area contributed by atoms with Crippen LogP contribution in [0.3, 0.4) is 0 Å². The summed E-state index contributed by atoms with van der Waals surface area (Å²) in [5.74, 6) is 0.471. The van der Waals surface area contributed by atoms with Gasteiger partial charge in [-0.1, -0.05) is 12.1 Å². The van der Waals surface area contributed by atoms with Gasteiger partial charge >= 0.3 is 0 Å². The predicted octanol–water partition coefficient (Wildman–Crippen LogP) is 2.74. The summed E-state index contributed by atoms with van der Waals surface area (Å²) in [5.41, 5.74) is 2.61. The second-order valence-corrected chi connectivity index (χ2v) is 4.93. The van der Waals surface area contributed by atoms with Gasteiger partial charge in [0.1, 0.15) is 11.4 Å². The first-order valence-corrected chi connectivity index (χ1v) is 7.08. The van der Waals surface area contributed by atoms with E-state index in [1.165, 1.54) is 0 Å². The van der Waals surface area contributed by atoms with Crippen molar-refractivity contribution in [2.45, 2.75) is 0 Å². The third-order valence-corrected chi connectivity index (χ3v) is 3.41. The van der Waals surface area contributed by atoms with E-state index in [4.69, 9.17) is 4.74 Å². The van der Waals surface area contributed by atoms with Crippen molar-refractivity contribution >= 4 is 11.6 Å². The lowest BCUT2D eigenvalue weighted by Gasteiger charge is -2.04. The maximum atomic E-state index is 12.4. The van der Waals surface area contributed by atoms with E-state index in [0.29, 0.717) is 22.8 Å². The molecule has 0 radical (unpaired) electrons. The van der Waals surface area contributed by atoms with Gasteiger partial charge < -0.3 is 10.1 Å². The van der Waals surface area contributed by atoms with Crippen LogP contribution < -0.4 is 10.1 Å². The number of amides is 1. The van der Waals surface area contributed by atoms with Gasteiger partial charge in [0.15, 0.2) is 0 Å². The number of methoxy groups -OCH3 is 1. The molecule has 0 bridgehead atoms. The molecule has 0 atom stereocenters. The molecule has 0 saturated carbocycles. The minimum Gasteiger partial charge on any atom is -0.496 e. The standard InChI is InChI=1S/C17H16N4O2/c1-21-15(17(22)19-12-6-5-9-18-11-12)10-14(20-21)13-7-3-4-8-16(13)23-2/h3-11H,1-2H3,(H,19,22). The molecular weight excluding hydrogens is 292 g/mol. The van der Waals surface area contributed by atoms with Crippen LogP contribution >= 0.6 is 0 Å². The quantitative estimate of drug-likeness (QED) is 0.804. The summed E-state index contributed by atoms with van der Waals surface area (Å²) in [5, 5.41) is 7.21. The number of carbonyl (C=O) groups is 1. The zero-order chi connectivity index (χ0) is 16.2. The van der Waals surface area contributed by atoms with Crippen LogP contribution in [-0.2, 0) is 7.05 Å². The first-order chi connectivity index (χ1) is 11.2. The Kier molecular flexibility index (Phi) is 4.05. The van der Waals surface area contributed by atoms with E-state index < -0.39 is 0 Å². The highest BCUT2D eigenvalue weighted by molar-refractivity contribution is 6.03. The van der Waals surface area contributed by atoms with E-state index in [2.05, 4.69) is 15.4 Å². The minimum atomic E-state index is -0.242.